The summed E-state index contributed by atoms with van der Waals surface area (Å²) in [6, 6.07) is 0. The Kier molecular flexibility index (Phi) is 3.45. The number of hydrogen-bond acceptors (Lipinski definition) is 2. The predicted molar refractivity (Wildman–Crippen MR) is 49.0 cm³/mol. The number of carbonyl (C=O) groups is 1. The van der Waals surface area contributed by atoms with Crippen LogP contribution >= 0.6 is 0 Å². The lowest BCUT2D eigenvalue weighted by Gasteiger charge is -2.34. The summed E-state index contributed by atoms with van der Waals surface area (Å²) in [5, 5.41) is -0.0477. The minimum atomic E-state index is -2.08. The molecule has 0 heterocycles. The van der Waals surface area contributed by atoms with Crippen LogP contribution in [0.1, 0.15) is 26.7 Å². The van der Waals surface area contributed by atoms with Crippen LogP contribution < -0.4 is 0 Å². The van der Waals surface area contributed by atoms with Crippen LogP contribution in [0.2, 0.25) is 18.1 Å². The molecule has 11 heavy (non-hydrogen) atoms. The summed E-state index contributed by atoms with van der Waals surface area (Å²) in [6.07, 6.45) is 2.28. The van der Waals surface area contributed by atoms with Gasteiger partial charge in [-0.15, -0.1) is 0 Å². The van der Waals surface area contributed by atoms with Crippen LogP contribution in [-0.4, -0.2) is 19.4 Å². The lowest BCUT2D eigenvalue weighted by Crippen LogP contribution is -2.38. The van der Waals surface area contributed by atoms with E-state index < -0.39 is 8.32 Å². The zero-order valence-corrected chi connectivity index (χ0v) is 8.85. The van der Waals surface area contributed by atoms with E-state index in [1.807, 2.05) is 26.9 Å². The average Bonchev–Trinajstić information content (AvgIpc) is 1.81. The van der Waals surface area contributed by atoms with Crippen LogP contribution in [0.4, 0.5) is 0 Å². The molecule has 0 aromatic heterocycles. The van der Waals surface area contributed by atoms with Gasteiger partial charge in [0.2, 0.25) is 0 Å². The first-order valence-electron chi connectivity index (χ1n) is 3.97. The predicted octanol–water partition coefficient (Wildman–Crippen LogP) is 1.94. The number of hydrogen-bond donors (Lipinski definition) is 1. The molecule has 0 aliphatic carbocycles. The van der Waals surface area contributed by atoms with Crippen LogP contribution in [0.5, 0.6) is 0 Å². The van der Waals surface area contributed by atoms with Gasteiger partial charge in [-0.2, -0.15) is 0 Å². The van der Waals surface area contributed by atoms with E-state index in [1.54, 1.807) is 0 Å². The molecule has 0 fully saturated rings. The molecule has 0 aromatic carbocycles. The van der Waals surface area contributed by atoms with E-state index in [9.17, 15) is 9.59 Å². The Morgan fingerprint density at radius 2 is 1.91 bits per heavy atom. The summed E-state index contributed by atoms with van der Waals surface area (Å²) in [6.45, 7) is 7.89. The molecule has 0 aliphatic rings. The van der Waals surface area contributed by atoms with Crippen molar-refractivity contribution in [2.24, 2.45) is 0 Å². The first-order chi connectivity index (χ1) is 4.81. The standard InChI is InChI=1S/C8H18O2Si/c1-8(2,6-5-7-9)11(3,4)10/h7,10H,5-6H2,1-4H3. The second kappa shape index (κ2) is 3.50. The third kappa shape index (κ3) is 3.16. The van der Waals surface area contributed by atoms with Gasteiger partial charge >= 0.3 is 0 Å². The minimum absolute atomic E-state index is 0.0477. The molecule has 0 amide bonds. The number of aldehydes is 1. The van der Waals surface area contributed by atoms with Gasteiger partial charge in [0, 0.05) is 6.42 Å². The molecular weight excluding hydrogens is 156 g/mol. The van der Waals surface area contributed by atoms with Crippen molar-refractivity contribution < 1.29 is 9.59 Å². The molecule has 0 unspecified atom stereocenters. The molecule has 0 atom stereocenters. The van der Waals surface area contributed by atoms with Crippen LogP contribution in [-0.2, 0) is 4.79 Å². The van der Waals surface area contributed by atoms with Crippen molar-refractivity contribution in [3.05, 3.63) is 0 Å². The SMILES string of the molecule is CC(C)(CCC=O)[Si](C)(C)O. The van der Waals surface area contributed by atoms with E-state index >= 15 is 0 Å². The third-order valence-electron chi connectivity index (χ3n) is 2.54. The Morgan fingerprint density at radius 1 is 1.45 bits per heavy atom. The Hall–Kier alpha value is -0.153. The fourth-order valence-electron chi connectivity index (χ4n) is 0.726. The molecule has 1 N–H and O–H groups in total. The molecule has 0 aliphatic heterocycles. The largest absolute Gasteiger partial charge is 0.432 e. The maximum absolute atomic E-state index is 10.1. The Morgan fingerprint density at radius 3 is 2.18 bits per heavy atom. The van der Waals surface area contributed by atoms with E-state index in [1.165, 1.54) is 0 Å². The van der Waals surface area contributed by atoms with Crippen LogP contribution in [0.15, 0.2) is 0 Å². The summed E-state index contributed by atoms with van der Waals surface area (Å²) in [4.78, 5) is 19.9. The maximum Gasteiger partial charge on any atom is 0.188 e. The highest BCUT2D eigenvalue weighted by atomic mass is 28.4. The van der Waals surface area contributed by atoms with Gasteiger partial charge in [-0.25, -0.2) is 0 Å². The van der Waals surface area contributed by atoms with Gasteiger partial charge < -0.3 is 9.59 Å². The van der Waals surface area contributed by atoms with Gasteiger partial charge in [-0.3, -0.25) is 0 Å². The molecule has 0 saturated heterocycles. The Balaban J connectivity index is 4.10. The van der Waals surface area contributed by atoms with Gasteiger partial charge in [0.1, 0.15) is 6.29 Å². The molecule has 0 bridgehead atoms. The monoisotopic (exact) mass is 174 g/mol. The first-order valence-corrected chi connectivity index (χ1v) is 6.92. The van der Waals surface area contributed by atoms with Crippen molar-refractivity contribution in [3.63, 3.8) is 0 Å². The fourth-order valence-corrected chi connectivity index (χ4v) is 1.48. The molecule has 0 radical (unpaired) electrons. The molecule has 0 saturated carbocycles. The first kappa shape index (κ1) is 10.8. The normalized spacial score (nSPS) is 13.2. The summed E-state index contributed by atoms with van der Waals surface area (Å²) >= 11 is 0. The lowest BCUT2D eigenvalue weighted by atomic mass is 10.1. The highest BCUT2D eigenvalue weighted by Gasteiger charge is 2.37. The van der Waals surface area contributed by atoms with E-state index in [0.717, 1.165) is 12.7 Å². The molecule has 2 nitrogen and oxygen atoms in total. The second-order valence-corrected chi connectivity index (χ2v) is 8.62. The summed E-state index contributed by atoms with van der Waals surface area (Å²) < 4.78 is 0. The van der Waals surface area contributed by atoms with Crippen molar-refractivity contribution in [3.8, 4) is 0 Å². The maximum atomic E-state index is 10.1. The molecule has 0 spiro atoms. The van der Waals surface area contributed by atoms with E-state index in [2.05, 4.69) is 0 Å². The minimum Gasteiger partial charge on any atom is -0.432 e. The summed E-state index contributed by atoms with van der Waals surface area (Å²) in [7, 11) is -2.08. The van der Waals surface area contributed by atoms with Crippen molar-refractivity contribution in [2.45, 2.75) is 44.8 Å². The van der Waals surface area contributed by atoms with Crippen LogP contribution in [0.25, 0.3) is 0 Å². The van der Waals surface area contributed by atoms with Crippen LogP contribution in [0, 0.1) is 0 Å². The third-order valence-corrected chi connectivity index (χ3v) is 6.11. The molecule has 0 rings (SSSR count). The van der Waals surface area contributed by atoms with Gasteiger partial charge in [-0.1, -0.05) is 13.8 Å². The molecular formula is C8H18O2Si. The quantitative estimate of drug-likeness (QED) is 0.522. The fraction of sp³-hybridized carbons (Fsp3) is 0.875. The molecule has 0 aromatic rings. The Bertz CT molecular complexity index is 136. The van der Waals surface area contributed by atoms with E-state index in [-0.39, 0.29) is 5.04 Å². The zero-order chi connectivity index (χ0) is 9.12. The van der Waals surface area contributed by atoms with E-state index in [4.69, 9.17) is 0 Å². The number of carbonyl (C=O) groups excluding carboxylic acids is 1. The van der Waals surface area contributed by atoms with Gasteiger partial charge in [0.05, 0.1) is 0 Å². The van der Waals surface area contributed by atoms with Crippen molar-refractivity contribution >= 4 is 14.6 Å². The number of rotatable bonds is 4. The van der Waals surface area contributed by atoms with Gasteiger partial charge in [-0.05, 0) is 24.6 Å². The second-order valence-electron chi connectivity index (χ2n) is 4.15. The van der Waals surface area contributed by atoms with E-state index in [0.29, 0.717) is 6.42 Å². The van der Waals surface area contributed by atoms with Crippen molar-refractivity contribution in [2.75, 3.05) is 0 Å². The smallest absolute Gasteiger partial charge is 0.188 e. The Labute approximate surface area is 69.8 Å². The topological polar surface area (TPSA) is 37.3 Å². The highest BCUT2D eigenvalue weighted by molar-refractivity contribution is 6.72. The van der Waals surface area contributed by atoms with Crippen molar-refractivity contribution in [1.29, 1.82) is 0 Å². The van der Waals surface area contributed by atoms with Gasteiger partial charge in [0.25, 0.3) is 0 Å². The highest BCUT2D eigenvalue weighted by Crippen LogP contribution is 2.39. The lowest BCUT2D eigenvalue weighted by molar-refractivity contribution is -0.108. The zero-order valence-electron chi connectivity index (χ0n) is 7.85. The molecule has 3 heteroatoms. The van der Waals surface area contributed by atoms with Crippen molar-refractivity contribution in [1.82, 2.24) is 0 Å². The average molecular weight is 174 g/mol. The van der Waals surface area contributed by atoms with Gasteiger partial charge in [0.15, 0.2) is 8.32 Å². The summed E-state index contributed by atoms with van der Waals surface area (Å²) in [5.41, 5.74) is 0. The summed E-state index contributed by atoms with van der Waals surface area (Å²) in [5.74, 6) is 0. The molecule has 66 valence electrons. The van der Waals surface area contributed by atoms with Crippen LogP contribution in [0.3, 0.4) is 0 Å².